The van der Waals surface area contributed by atoms with Gasteiger partial charge in [0.25, 0.3) is 0 Å². The molecular formula is C12H7F4N3. The van der Waals surface area contributed by atoms with E-state index < -0.39 is 17.7 Å². The molecule has 0 radical (unpaired) electrons. The minimum atomic E-state index is -4.55. The Morgan fingerprint density at radius 1 is 1.26 bits per heavy atom. The molecule has 7 heteroatoms. The van der Waals surface area contributed by atoms with Crippen LogP contribution in [0, 0.1) is 24.1 Å². The van der Waals surface area contributed by atoms with Gasteiger partial charge in [-0.05, 0) is 31.2 Å². The fourth-order valence-electron chi connectivity index (χ4n) is 1.61. The molecule has 0 unspecified atom stereocenters. The van der Waals surface area contributed by atoms with E-state index in [4.69, 9.17) is 5.26 Å². The first-order chi connectivity index (χ1) is 8.82. The number of rotatable bonds is 1. The van der Waals surface area contributed by atoms with Crippen molar-refractivity contribution in [3.05, 3.63) is 47.0 Å². The highest BCUT2D eigenvalue weighted by Crippen LogP contribution is 2.29. The highest BCUT2D eigenvalue weighted by atomic mass is 19.4. The Morgan fingerprint density at radius 2 is 1.95 bits per heavy atom. The molecule has 2 aromatic rings. The zero-order chi connectivity index (χ0) is 14.2. The summed E-state index contributed by atoms with van der Waals surface area (Å²) in [5.74, 6) is -0.730. The minimum absolute atomic E-state index is 0.200. The zero-order valence-electron chi connectivity index (χ0n) is 9.66. The van der Waals surface area contributed by atoms with Crippen LogP contribution in [-0.2, 0) is 6.18 Å². The maximum Gasteiger partial charge on any atom is 0.435 e. The second-order valence-corrected chi connectivity index (χ2v) is 3.86. The molecule has 0 N–H and O–H groups in total. The summed E-state index contributed by atoms with van der Waals surface area (Å²) in [5, 5.41) is 12.1. The van der Waals surface area contributed by atoms with E-state index in [1.807, 2.05) is 0 Å². The van der Waals surface area contributed by atoms with Crippen LogP contribution in [0.3, 0.4) is 0 Å². The van der Waals surface area contributed by atoms with Gasteiger partial charge in [-0.3, -0.25) is 0 Å². The second kappa shape index (κ2) is 4.39. The standard InChI is InChI=1S/C12H7F4N3/c1-7-4-11(12(14,15)16)18-19(7)9-2-3-10(13)8(5-9)6-17/h2-5H,1H3. The van der Waals surface area contributed by atoms with Gasteiger partial charge in [-0.15, -0.1) is 0 Å². The number of aryl methyl sites for hydroxylation is 1. The molecular weight excluding hydrogens is 262 g/mol. The maximum absolute atomic E-state index is 13.1. The number of halogens is 4. The number of nitrogens with zero attached hydrogens (tertiary/aromatic N) is 3. The van der Waals surface area contributed by atoms with E-state index in [-0.39, 0.29) is 16.9 Å². The molecule has 19 heavy (non-hydrogen) atoms. The number of hydrogen-bond acceptors (Lipinski definition) is 2. The molecule has 0 amide bonds. The third-order valence-electron chi connectivity index (χ3n) is 2.49. The van der Waals surface area contributed by atoms with Crippen molar-refractivity contribution in [2.45, 2.75) is 13.1 Å². The molecule has 1 heterocycles. The fourth-order valence-corrected chi connectivity index (χ4v) is 1.61. The predicted molar refractivity (Wildman–Crippen MR) is 58.0 cm³/mol. The molecule has 1 aromatic carbocycles. The monoisotopic (exact) mass is 269 g/mol. The third-order valence-corrected chi connectivity index (χ3v) is 2.49. The Morgan fingerprint density at radius 3 is 2.47 bits per heavy atom. The fraction of sp³-hybridized carbons (Fsp3) is 0.167. The molecule has 0 saturated heterocycles. The average Bonchev–Trinajstić information content (AvgIpc) is 2.72. The number of aromatic nitrogens is 2. The summed E-state index contributed by atoms with van der Waals surface area (Å²) in [7, 11) is 0. The first-order valence-electron chi connectivity index (χ1n) is 5.17. The Balaban J connectivity index is 2.54. The lowest BCUT2D eigenvalue weighted by molar-refractivity contribution is -0.141. The van der Waals surface area contributed by atoms with Crippen molar-refractivity contribution in [1.82, 2.24) is 9.78 Å². The van der Waals surface area contributed by atoms with Crippen LogP contribution in [0.1, 0.15) is 17.0 Å². The van der Waals surface area contributed by atoms with E-state index in [1.54, 1.807) is 6.07 Å². The number of nitriles is 1. The van der Waals surface area contributed by atoms with Crippen LogP contribution in [0.15, 0.2) is 24.3 Å². The van der Waals surface area contributed by atoms with Crippen LogP contribution >= 0.6 is 0 Å². The Labute approximate surface area is 105 Å². The normalized spacial score (nSPS) is 11.4. The quantitative estimate of drug-likeness (QED) is 0.746. The largest absolute Gasteiger partial charge is 0.435 e. The van der Waals surface area contributed by atoms with Crippen molar-refractivity contribution < 1.29 is 17.6 Å². The molecule has 0 aliphatic carbocycles. The summed E-state index contributed by atoms with van der Waals surface area (Å²) >= 11 is 0. The summed E-state index contributed by atoms with van der Waals surface area (Å²) in [4.78, 5) is 0. The summed E-state index contributed by atoms with van der Waals surface area (Å²) in [5.41, 5.74) is -0.845. The van der Waals surface area contributed by atoms with E-state index in [1.165, 1.54) is 13.0 Å². The number of hydrogen-bond donors (Lipinski definition) is 0. The van der Waals surface area contributed by atoms with Gasteiger partial charge >= 0.3 is 6.18 Å². The predicted octanol–water partition coefficient (Wildman–Crippen LogP) is 3.21. The highest BCUT2D eigenvalue weighted by molar-refractivity contribution is 5.43. The Bertz CT molecular complexity index is 665. The van der Waals surface area contributed by atoms with Gasteiger partial charge in [0.2, 0.25) is 0 Å². The van der Waals surface area contributed by atoms with Crippen molar-refractivity contribution >= 4 is 0 Å². The van der Waals surface area contributed by atoms with Crippen LogP contribution < -0.4 is 0 Å². The van der Waals surface area contributed by atoms with Crippen molar-refractivity contribution in [1.29, 1.82) is 5.26 Å². The van der Waals surface area contributed by atoms with Crippen LogP contribution in [0.5, 0.6) is 0 Å². The van der Waals surface area contributed by atoms with Gasteiger partial charge in [0.15, 0.2) is 5.69 Å². The van der Waals surface area contributed by atoms with Crippen LogP contribution in [0.25, 0.3) is 5.69 Å². The average molecular weight is 269 g/mol. The van der Waals surface area contributed by atoms with E-state index in [2.05, 4.69) is 5.10 Å². The highest BCUT2D eigenvalue weighted by Gasteiger charge is 2.34. The lowest BCUT2D eigenvalue weighted by atomic mass is 10.2. The van der Waals surface area contributed by atoms with Gasteiger partial charge in [-0.2, -0.15) is 23.5 Å². The van der Waals surface area contributed by atoms with E-state index >= 15 is 0 Å². The lowest BCUT2D eigenvalue weighted by Gasteiger charge is -2.05. The van der Waals surface area contributed by atoms with Gasteiger partial charge in [0, 0.05) is 5.69 Å². The number of benzene rings is 1. The van der Waals surface area contributed by atoms with Crippen LogP contribution in [0.2, 0.25) is 0 Å². The van der Waals surface area contributed by atoms with Gasteiger partial charge in [0.05, 0.1) is 11.3 Å². The molecule has 0 aliphatic heterocycles. The minimum Gasteiger partial charge on any atom is -0.237 e. The summed E-state index contributed by atoms with van der Waals surface area (Å²) in [6, 6.07) is 5.93. The molecule has 0 atom stereocenters. The first-order valence-corrected chi connectivity index (χ1v) is 5.17. The Kier molecular flexibility index (Phi) is 3.02. The maximum atomic E-state index is 13.1. The summed E-state index contributed by atoms with van der Waals surface area (Å²) in [6.07, 6.45) is -4.55. The van der Waals surface area contributed by atoms with Gasteiger partial charge in [-0.25, -0.2) is 9.07 Å². The smallest absolute Gasteiger partial charge is 0.237 e. The van der Waals surface area contributed by atoms with Crippen LogP contribution in [-0.4, -0.2) is 9.78 Å². The molecule has 98 valence electrons. The molecule has 2 rings (SSSR count). The summed E-state index contributed by atoms with van der Waals surface area (Å²) in [6.45, 7) is 1.44. The van der Waals surface area contributed by atoms with Gasteiger partial charge < -0.3 is 0 Å². The first kappa shape index (κ1) is 13.1. The van der Waals surface area contributed by atoms with E-state index in [9.17, 15) is 17.6 Å². The topological polar surface area (TPSA) is 41.6 Å². The molecule has 1 aromatic heterocycles. The van der Waals surface area contributed by atoms with Crippen molar-refractivity contribution in [2.75, 3.05) is 0 Å². The lowest BCUT2D eigenvalue weighted by Crippen LogP contribution is -2.07. The van der Waals surface area contributed by atoms with Crippen molar-refractivity contribution in [3.63, 3.8) is 0 Å². The molecule has 0 aliphatic rings. The van der Waals surface area contributed by atoms with Crippen LogP contribution in [0.4, 0.5) is 17.6 Å². The molecule has 0 spiro atoms. The van der Waals surface area contributed by atoms with Crippen molar-refractivity contribution in [2.24, 2.45) is 0 Å². The molecule has 0 saturated carbocycles. The molecule has 0 fully saturated rings. The molecule has 3 nitrogen and oxygen atoms in total. The van der Waals surface area contributed by atoms with E-state index in [0.717, 1.165) is 22.9 Å². The SMILES string of the molecule is Cc1cc(C(F)(F)F)nn1-c1ccc(F)c(C#N)c1. The van der Waals surface area contributed by atoms with E-state index in [0.29, 0.717) is 0 Å². The summed E-state index contributed by atoms with van der Waals surface area (Å²) < 4.78 is 51.7. The van der Waals surface area contributed by atoms with Crippen molar-refractivity contribution in [3.8, 4) is 11.8 Å². The second-order valence-electron chi connectivity index (χ2n) is 3.86. The van der Waals surface area contributed by atoms with Gasteiger partial charge in [0.1, 0.15) is 11.9 Å². The third kappa shape index (κ3) is 2.42. The van der Waals surface area contributed by atoms with Gasteiger partial charge in [-0.1, -0.05) is 0 Å². The zero-order valence-corrected chi connectivity index (χ0v) is 9.66. The number of alkyl halides is 3. The molecule has 0 bridgehead atoms. The Hall–Kier alpha value is -2.36.